The van der Waals surface area contributed by atoms with Crippen LogP contribution in [0, 0.1) is 12.7 Å². The van der Waals surface area contributed by atoms with Crippen molar-refractivity contribution in [3.05, 3.63) is 65.0 Å². The van der Waals surface area contributed by atoms with Gasteiger partial charge in [0, 0.05) is 0 Å². The molecule has 114 valence electrons. The molecule has 0 bridgehead atoms. The van der Waals surface area contributed by atoms with Crippen molar-refractivity contribution in [2.45, 2.75) is 13.0 Å². The van der Waals surface area contributed by atoms with Gasteiger partial charge in [0.2, 0.25) is 0 Å². The summed E-state index contributed by atoms with van der Waals surface area (Å²) in [7, 11) is 0. The van der Waals surface area contributed by atoms with Gasteiger partial charge in [-0.25, -0.2) is 9.18 Å². The third-order valence-corrected chi connectivity index (χ3v) is 3.19. The van der Waals surface area contributed by atoms with Gasteiger partial charge in [-0.2, -0.15) is 0 Å². The Kier molecular flexibility index (Phi) is 4.41. The zero-order chi connectivity index (χ0) is 16.3. The van der Waals surface area contributed by atoms with Gasteiger partial charge in [-0.05, 0) is 36.2 Å². The van der Waals surface area contributed by atoms with Crippen LogP contribution in [0.4, 0.5) is 4.39 Å². The van der Waals surface area contributed by atoms with Gasteiger partial charge in [0.15, 0.2) is 6.04 Å². The fourth-order valence-electron chi connectivity index (χ4n) is 1.99. The van der Waals surface area contributed by atoms with Crippen molar-refractivity contribution in [3.8, 4) is 5.75 Å². The molecule has 0 saturated carbocycles. The number of phenolic OH excluding ortho intramolecular Hbond substituents is 1. The minimum atomic E-state index is -1.34. The fraction of sp³-hybridized carbons (Fsp3) is 0.125. The van der Waals surface area contributed by atoms with Crippen molar-refractivity contribution >= 4 is 11.9 Å². The third-order valence-electron chi connectivity index (χ3n) is 3.19. The molecule has 0 spiro atoms. The molecule has 0 aromatic heterocycles. The molecule has 1 amide bonds. The third kappa shape index (κ3) is 3.22. The Labute approximate surface area is 126 Å². The highest BCUT2D eigenvalue weighted by Crippen LogP contribution is 2.19. The summed E-state index contributed by atoms with van der Waals surface area (Å²) in [6.45, 7) is 1.51. The van der Waals surface area contributed by atoms with E-state index in [1.165, 1.54) is 49.4 Å². The smallest absolute Gasteiger partial charge is 0.330 e. The van der Waals surface area contributed by atoms with Gasteiger partial charge in [-0.3, -0.25) is 4.79 Å². The number of aromatic hydroxyl groups is 1. The minimum absolute atomic E-state index is 0.0241. The molecule has 5 nitrogen and oxygen atoms in total. The Morgan fingerprint density at radius 1 is 1.14 bits per heavy atom. The van der Waals surface area contributed by atoms with E-state index in [9.17, 15) is 24.2 Å². The summed E-state index contributed by atoms with van der Waals surface area (Å²) in [4.78, 5) is 23.4. The van der Waals surface area contributed by atoms with E-state index in [1.54, 1.807) is 0 Å². The number of carbonyl (C=O) groups is 2. The van der Waals surface area contributed by atoms with E-state index in [0.717, 1.165) is 0 Å². The maximum absolute atomic E-state index is 13.9. The predicted molar refractivity (Wildman–Crippen MR) is 77.1 cm³/mol. The number of carboxylic acids is 1. The number of hydrogen-bond acceptors (Lipinski definition) is 3. The van der Waals surface area contributed by atoms with Crippen LogP contribution in [0.1, 0.15) is 27.5 Å². The number of phenols is 1. The van der Waals surface area contributed by atoms with Gasteiger partial charge >= 0.3 is 5.97 Å². The van der Waals surface area contributed by atoms with Crippen molar-refractivity contribution in [2.24, 2.45) is 0 Å². The Hall–Kier alpha value is -2.89. The highest BCUT2D eigenvalue weighted by molar-refractivity contribution is 5.97. The summed E-state index contributed by atoms with van der Waals surface area (Å²) in [5.74, 6) is -2.81. The highest BCUT2D eigenvalue weighted by atomic mass is 19.1. The number of aryl methyl sites for hydroxylation is 1. The van der Waals surface area contributed by atoms with Crippen molar-refractivity contribution in [1.29, 1.82) is 0 Å². The lowest BCUT2D eigenvalue weighted by Gasteiger charge is -2.15. The number of benzene rings is 2. The molecule has 2 aromatic carbocycles. The summed E-state index contributed by atoms with van der Waals surface area (Å²) >= 11 is 0. The summed E-state index contributed by atoms with van der Waals surface area (Å²) in [5.41, 5.74) is 0.348. The van der Waals surface area contributed by atoms with Gasteiger partial charge in [0.25, 0.3) is 5.91 Å². The van der Waals surface area contributed by atoms with E-state index in [4.69, 9.17) is 0 Å². The standard InChI is InChI=1S/C16H14FNO4/c1-9-3-2-4-12(13(9)17)15(20)18-14(16(21)22)10-5-7-11(19)8-6-10/h2-8,14,19H,1H3,(H,18,20)(H,21,22)/t14-/m1/s1. The maximum atomic E-state index is 13.9. The normalized spacial score (nSPS) is 11.7. The van der Waals surface area contributed by atoms with Crippen LogP contribution < -0.4 is 5.32 Å². The molecule has 6 heteroatoms. The number of halogens is 1. The highest BCUT2D eigenvalue weighted by Gasteiger charge is 2.24. The van der Waals surface area contributed by atoms with Crippen LogP contribution >= 0.6 is 0 Å². The summed E-state index contributed by atoms with van der Waals surface area (Å²) in [6.07, 6.45) is 0. The lowest BCUT2D eigenvalue weighted by atomic mass is 10.1. The second-order valence-electron chi connectivity index (χ2n) is 4.77. The van der Waals surface area contributed by atoms with Gasteiger partial charge in [0.1, 0.15) is 11.6 Å². The number of nitrogens with one attached hydrogen (secondary N) is 1. The van der Waals surface area contributed by atoms with Crippen LogP contribution in [0.3, 0.4) is 0 Å². The van der Waals surface area contributed by atoms with Gasteiger partial charge < -0.3 is 15.5 Å². The molecular weight excluding hydrogens is 289 g/mol. The Balaban J connectivity index is 2.28. The van der Waals surface area contributed by atoms with E-state index in [1.807, 2.05) is 0 Å². The van der Waals surface area contributed by atoms with Crippen molar-refractivity contribution in [1.82, 2.24) is 5.32 Å². The molecule has 0 heterocycles. The summed E-state index contributed by atoms with van der Waals surface area (Å²) < 4.78 is 13.9. The molecule has 0 saturated heterocycles. The van der Waals surface area contributed by atoms with Crippen molar-refractivity contribution in [3.63, 3.8) is 0 Å². The molecule has 0 radical (unpaired) electrons. The largest absolute Gasteiger partial charge is 0.508 e. The van der Waals surface area contributed by atoms with E-state index in [0.29, 0.717) is 5.56 Å². The predicted octanol–water partition coefficient (Wildman–Crippen LogP) is 2.40. The number of carboxylic acid groups (broad SMARTS) is 1. The zero-order valence-corrected chi connectivity index (χ0v) is 11.7. The molecule has 1 atom stereocenters. The van der Waals surface area contributed by atoms with E-state index in [2.05, 4.69) is 5.32 Å². The van der Waals surface area contributed by atoms with Crippen LogP contribution in [-0.2, 0) is 4.79 Å². The lowest BCUT2D eigenvalue weighted by molar-refractivity contribution is -0.139. The molecule has 22 heavy (non-hydrogen) atoms. The molecule has 3 N–H and O–H groups in total. The zero-order valence-electron chi connectivity index (χ0n) is 11.7. The topological polar surface area (TPSA) is 86.6 Å². The average molecular weight is 303 g/mol. The lowest BCUT2D eigenvalue weighted by Crippen LogP contribution is -2.34. The Morgan fingerprint density at radius 2 is 1.77 bits per heavy atom. The number of aliphatic carboxylic acids is 1. The first-order chi connectivity index (χ1) is 10.4. The molecule has 0 aliphatic heterocycles. The first-order valence-corrected chi connectivity index (χ1v) is 6.48. The van der Waals surface area contributed by atoms with E-state index in [-0.39, 0.29) is 16.9 Å². The minimum Gasteiger partial charge on any atom is -0.508 e. The molecule has 2 aromatic rings. The van der Waals surface area contributed by atoms with E-state index >= 15 is 0 Å². The van der Waals surface area contributed by atoms with Crippen molar-refractivity contribution < 1.29 is 24.2 Å². The molecule has 0 unspecified atom stereocenters. The number of amides is 1. The summed E-state index contributed by atoms with van der Waals surface area (Å²) in [5, 5.41) is 20.7. The van der Waals surface area contributed by atoms with Crippen LogP contribution in [0.2, 0.25) is 0 Å². The Bertz CT molecular complexity index is 713. The first-order valence-electron chi connectivity index (χ1n) is 6.48. The number of hydrogen-bond donors (Lipinski definition) is 3. The van der Waals surface area contributed by atoms with Crippen LogP contribution in [0.15, 0.2) is 42.5 Å². The number of carbonyl (C=O) groups excluding carboxylic acids is 1. The average Bonchev–Trinajstić information content (AvgIpc) is 2.48. The second-order valence-corrected chi connectivity index (χ2v) is 4.77. The van der Waals surface area contributed by atoms with Crippen molar-refractivity contribution in [2.75, 3.05) is 0 Å². The molecule has 0 aliphatic carbocycles. The molecule has 0 fully saturated rings. The summed E-state index contributed by atoms with van der Waals surface area (Å²) in [6, 6.07) is 8.35. The van der Waals surface area contributed by atoms with E-state index < -0.39 is 23.7 Å². The quantitative estimate of drug-likeness (QED) is 0.809. The van der Waals surface area contributed by atoms with Gasteiger partial charge in [-0.1, -0.05) is 24.3 Å². The van der Waals surface area contributed by atoms with Crippen LogP contribution in [-0.4, -0.2) is 22.1 Å². The second kappa shape index (κ2) is 6.26. The van der Waals surface area contributed by atoms with Crippen LogP contribution in [0.25, 0.3) is 0 Å². The van der Waals surface area contributed by atoms with Gasteiger partial charge in [0.05, 0.1) is 5.56 Å². The number of rotatable bonds is 4. The van der Waals surface area contributed by atoms with Crippen LogP contribution in [0.5, 0.6) is 5.75 Å². The molecule has 0 aliphatic rings. The Morgan fingerprint density at radius 3 is 2.36 bits per heavy atom. The molecular formula is C16H14FNO4. The maximum Gasteiger partial charge on any atom is 0.330 e. The fourth-order valence-corrected chi connectivity index (χ4v) is 1.99. The SMILES string of the molecule is Cc1cccc(C(=O)N[C@@H](C(=O)O)c2ccc(O)cc2)c1F. The molecule has 2 rings (SSSR count). The first kappa shape index (κ1) is 15.5. The monoisotopic (exact) mass is 303 g/mol. The van der Waals surface area contributed by atoms with Gasteiger partial charge in [-0.15, -0.1) is 0 Å².